The number of nitrogens with zero attached hydrogens (tertiary/aromatic N) is 1. The number of fused-ring (bicyclic) bond motifs is 1. The zero-order valence-electron chi connectivity index (χ0n) is 7.08. The van der Waals surface area contributed by atoms with E-state index in [1.54, 1.807) is 11.9 Å². The summed E-state index contributed by atoms with van der Waals surface area (Å²) in [6.45, 7) is 1.09. The van der Waals surface area contributed by atoms with Crippen LogP contribution in [0.25, 0.3) is 0 Å². The first-order chi connectivity index (χ1) is 5.83. The molecule has 0 saturated carbocycles. The Balaban J connectivity index is 2.48. The Labute approximate surface area is 76.9 Å². The number of anilines is 2. The van der Waals surface area contributed by atoms with Crippen LogP contribution in [0.15, 0.2) is 18.2 Å². The summed E-state index contributed by atoms with van der Waals surface area (Å²) in [5.74, 6) is 0. The van der Waals surface area contributed by atoms with Crippen LogP contribution < -0.4 is 10.0 Å². The highest BCUT2D eigenvalue weighted by molar-refractivity contribution is 8.00. The number of hydrogen-bond acceptors (Lipinski definition) is 3. The van der Waals surface area contributed by atoms with E-state index in [0.717, 1.165) is 18.7 Å². The van der Waals surface area contributed by atoms with Crippen molar-refractivity contribution in [3.05, 3.63) is 23.8 Å². The molecule has 2 rings (SSSR count). The monoisotopic (exact) mass is 180 g/mol. The fourth-order valence-corrected chi connectivity index (χ4v) is 2.31. The average molecular weight is 180 g/mol. The summed E-state index contributed by atoms with van der Waals surface area (Å²) >= 11 is 1.74. The van der Waals surface area contributed by atoms with E-state index < -0.39 is 0 Å². The first kappa shape index (κ1) is 7.80. The van der Waals surface area contributed by atoms with Crippen LogP contribution in [0.4, 0.5) is 11.4 Å². The van der Waals surface area contributed by atoms with Crippen molar-refractivity contribution in [1.29, 1.82) is 0 Å². The van der Waals surface area contributed by atoms with Crippen molar-refractivity contribution < 1.29 is 0 Å². The number of benzene rings is 1. The molecule has 0 atom stereocenters. The van der Waals surface area contributed by atoms with Crippen LogP contribution in [-0.4, -0.2) is 12.8 Å². The topological polar surface area (TPSA) is 29.3 Å². The first-order valence-corrected chi connectivity index (χ1v) is 5.20. The van der Waals surface area contributed by atoms with Gasteiger partial charge in [-0.2, -0.15) is 0 Å². The molecule has 12 heavy (non-hydrogen) atoms. The lowest BCUT2D eigenvalue weighted by atomic mass is 10.1. The van der Waals surface area contributed by atoms with Crippen molar-refractivity contribution in [3.8, 4) is 0 Å². The summed E-state index contributed by atoms with van der Waals surface area (Å²) in [6.07, 6.45) is 3.21. The van der Waals surface area contributed by atoms with Crippen molar-refractivity contribution >= 4 is 23.3 Å². The molecule has 0 fully saturated rings. The molecule has 1 aromatic rings. The van der Waals surface area contributed by atoms with Crippen molar-refractivity contribution in [1.82, 2.24) is 0 Å². The Morgan fingerprint density at radius 1 is 1.50 bits per heavy atom. The first-order valence-electron chi connectivity index (χ1n) is 4.02. The van der Waals surface area contributed by atoms with Gasteiger partial charge < -0.3 is 10.0 Å². The summed E-state index contributed by atoms with van der Waals surface area (Å²) in [5.41, 5.74) is 9.39. The summed E-state index contributed by atoms with van der Waals surface area (Å²) < 4.78 is 2.25. The summed E-state index contributed by atoms with van der Waals surface area (Å²) in [6, 6.07) is 6.15. The molecule has 3 heteroatoms. The maximum absolute atomic E-state index is 5.88. The highest BCUT2D eigenvalue weighted by Crippen LogP contribution is 2.36. The van der Waals surface area contributed by atoms with Crippen LogP contribution in [0.2, 0.25) is 0 Å². The largest absolute Gasteiger partial charge is 0.397 e. The number of hydrogen-bond donors (Lipinski definition) is 1. The molecule has 0 bridgehead atoms. The predicted octanol–water partition coefficient (Wildman–Crippen LogP) is 1.91. The van der Waals surface area contributed by atoms with Gasteiger partial charge in [-0.3, -0.25) is 0 Å². The van der Waals surface area contributed by atoms with E-state index in [4.69, 9.17) is 5.73 Å². The van der Waals surface area contributed by atoms with Gasteiger partial charge in [0.2, 0.25) is 0 Å². The Morgan fingerprint density at radius 3 is 3.08 bits per heavy atom. The number of rotatable bonds is 1. The molecule has 2 N–H and O–H groups in total. The lowest BCUT2D eigenvalue weighted by Crippen LogP contribution is -2.10. The third-order valence-corrected chi connectivity index (χ3v) is 3.01. The van der Waals surface area contributed by atoms with Crippen molar-refractivity contribution in [3.63, 3.8) is 0 Å². The van der Waals surface area contributed by atoms with Gasteiger partial charge in [-0.25, -0.2) is 0 Å². The minimum Gasteiger partial charge on any atom is -0.397 e. The average Bonchev–Trinajstić information content (AvgIpc) is 2.49. The van der Waals surface area contributed by atoms with Gasteiger partial charge >= 0.3 is 0 Å². The maximum atomic E-state index is 5.88. The second-order valence-corrected chi connectivity index (χ2v) is 3.70. The molecular formula is C9H12N2S. The van der Waals surface area contributed by atoms with E-state index in [2.05, 4.69) is 16.6 Å². The molecule has 0 saturated heterocycles. The summed E-state index contributed by atoms with van der Waals surface area (Å²) in [5, 5.41) is 0. The molecule has 64 valence electrons. The Kier molecular flexibility index (Phi) is 1.89. The van der Waals surface area contributed by atoms with Gasteiger partial charge in [0.25, 0.3) is 0 Å². The normalized spacial score (nSPS) is 14.9. The zero-order valence-corrected chi connectivity index (χ0v) is 7.90. The molecule has 0 aromatic heterocycles. The molecule has 0 spiro atoms. The van der Waals surface area contributed by atoms with Gasteiger partial charge in [-0.05, 0) is 18.1 Å². The molecule has 1 aliphatic rings. The fourth-order valence-electron chi connectivity index (χ4n) is 1.63. The minimum atomic E-state index is 0.902. The highest BCUT2D eigenvalue weighted by Gasteiger charge is 2.19. The second kappa shape index (κ2) is 2.90. The summed E-state index contributed by atoms with van der Waals surface area (Å²) in [4.78, 5) is 0. The van der Waals surface area contributed by atoms with Gasteiger partial charge in [0.1, 0.15) is 0 Å². The standard InChI is InChI=1S/C9H12N2S/c1-12-11-6-5-7-3-2-4-8(10)9(7)11/h2-4H,5-6,10H2,1H3. The van der Waals surface area contributed by atoms with E-state index in [1.807, 2.05) is 12.1 Å². The third kappa shape index (κ3) is 1.05. The van der Waals surface area contributed by atoms with E-state index in [1.165, 1.54) is 11.3 Å². The van der Waals surface area contributed by atoms with Crippen molar-refractivity contribution in [2.24, 2.45) is 0 Å². The zero-order chi connectivity index (χ0) is 8.55. The molecular weight excluding hydrogens is 168 g/mol. The quantitative estimate of drug-likeness (QED) is 0.529. The van der Waals surface area contributed by atoms with E-state index in [-0.39, 0.29) is 0 Å². The van der Waals surface area contributed by atoms with E-state index in [0.29, 0.717) is 0 Å². The van der Waals surface area contributed by atoms with Gasteiger partial charge in [-0.15, -0.1) is 0 Å². The Morgan fingerprint density at radius 2 is 2.33 bits per heavy atom. The van der Waals surface area contributed by atoms with E-state index >= 15 is 0 Å². The smallest absolute Gasteiger partial charge is 0.0732 e. The molecule has 2 nitrogen and oxygen atoms in total. The Hall–Kier alpha value is -0.830. The van der Waals surface area contributed by atoms with E-state index in [9.17, 15) is 0 Å². The highest BCUT2D eigenvalue weighted by atomic mass is 32.2. The molecule has 1 aromatic carbocycles. The van der Waals surface area contributed by atoms with Crippen LogP contribution in [0, 0.1) is 0 Å². The Bertz CT molecular complexity index is 299. The lowest BCUT2D eigenvalue weighted by Gasteiger charge is -2.16. The molecule has 1 aliphatic heterocycles. The molecule has 1 heterocycles. The second-order valence-electron chi connectivity index (χ2n) is 2.89. The lowest BCUT2D eigenvalue weighted by molar-refractivity contribution is 1.06. The number of nitrogen functional groups attached to an aromatic ring is 1. The van der Waals surface area contributed by atoms with Crippen LogP contribution in [-0.2, 0) is 6.42 Å². The van der Waals surface area contributed by atoms with Crippen LogP contribution in [0.5, 0.6) is 0 Å². The minimum absolute atomic E-state index is 0.902. The molecule has 0 aliphatic carbocycles. The number of para-hydroxylation sites is 1. The molecule has 0 amide bonds. The third-order valence-electron chi connectivity index (χ3n) is 2.20. The van der Waals surface area contributed by atoms with Gasteiger partial charge in [0.05, 0.1) is 11.4 Å². The van der Waals surface area contributed by atoms with Crippen molar-refractivity contribution in [2.45, 2.75) is 6.42 Å². The maximum Gasteiger partial charge on any atom is 0.0732 e. The molecule has 0 radical (unpaired) electrons. The SMILES string of the molecule is CSN1CCc2cccc(N)c21. The van der Waals surface area contributed by atoms with Gasteiger partial charge in [0.15, 0.2) is 0 Å². The van der Waals surface area contributed by atoms with Crippen molar-refractivity contribution in [2.75, 3.05) is 22.8 Å². The van der Waals surface area contributed by atoms with Crippen LogP contribution >= 0.6 is 11.9 Å². The molecule has 0 unspecified atom stereocenters. The van der Waals surface area contributed by atoms with Gasteiger partial charge in [-0.1, -0.05) is 24.1 Å². The van der Waals surface area contributed by atoms with Crippen LogP contribution in [0.1, 0.15) is 5.56 Å². The van der Waals surface area contributed by atoms with Crippen LogP contribution in [0.3, 0.4) is 0 Å². The van der Waals surface area contributed by atoms with Gasteiger partial charge in [0, 0.05) is 12.8 Å². The predicted molar refractivity (Wildman–Crippen MR) is 55.4 cm³/mol. The fraction of sp³-hybridized carbons (Fsp3) is 0.333. The summed E-state index contributed by atoms with van der Waals surface area (Å²) in [7, 11) is 0. The number of nitrogens with two attached hydrogens (primary N) is 1.